The van der Waals surface area contributed by atoms with E-state index in [1.807, 2.05) is 27.7 Å². The fraction of sp³-hybridized carbons (Fsp3) is 0.667. The summed E-state index contributed by atoms with van der Waals surface area (Å²) in [5, 5.41) is 21.5. The molecule has 4 atom stereocenters. The number of hydrogen-bond acceptors (Lipinski definition) is 3. The molecule has 1 rings (SSSR count). The average Bonchev–Trinajstić information content (AvgIpc) is 2.37. The summed E-state index contributed by atoms with van der Waals surface area (Å²) in [6.45, 7) is 15.5. The van der Waals surface area contributed by atoms with Crippen molar-refractivity contribution in [2.45, 2.75) is 57.8 Å². The van der Waals surface area contributed by atoms with Crippen molar-refractivity contribution < 1.29 is 14.9 Å². The number of hydrogen-bond donors (Lipinski definition) is 2. The summed E-state index contributed by atoms with van der Waals surface area (Å²) >= 11 is 0. The third kappa shape index (κ3) is 3.40. The molecule has 1 aliphatic rings. The number of aliphatic hydroxyl groups is 2. The Balaban J connectivity index is 3.39. The van der Waals surface area contributed by atoms with Gasteiger partial charge in [-0.2, -0.15) is 0 Å². The van der Waals surface area contributed by atoms with Crippen LogP contribution in [-0.2, 0) is 4.74 Å². The Morgan fingerprint density at radius 1 is 1.48 bits per heavy atom. The topological polar surface area (TPSA) is 49.7 Å². The SMILES string of the molecule is C=CC[C@@]1(O)CC(=C)[C@H](O)[C@](C#CC(C)(C)C)(OC)[C@@H]1C. The lowest BCUT2D eigenvalue weighted by atomic mass is 9.62. The van der Waals surface area contributed by atoms with E-state index in [1.54, 1.807) is 6.08 Å². The molecule has 0 bridgehead atoms. The number of ether oxygens (including phenoxy) is 1. The summed E-state index contributed by atoms with van der Waals surface area (Å²) in [4.78, 5) is 0. The Morgan fingerprint density at radius 3 is 2.48 bits per heavy atom. The third-order valence-corrected chi connectivity index (χ3v) is 4.24. The second kappa shape index (κ2) is 5.96. The minimum absolute atomic E-state index is 0.222. The minimum Gasteiger partial charge on any atom is -0.389 e. The fourth-order valence-corrected chi connectivity index (χ4v) is 2.88. The maximum atomic E-state index is 10.9. The van der Waals surface area contributed by atoms with Crippen LogP contribution < -0.4 is 0 Å². The highest BCUT2D eigenvalue weighted by molar-refractivity contribution is 5.34. The second-order valence-electron chi connectivity index (χ2n) is 7.05. The Bertz CT molecular complexity index is 477. The van der Waals surface area contributed by atoms with Crippen molar-refractivity contribution in [2.24, 2.45) is 11.3 Å². The van der Waals surface area contributed by atoms with Crippen LogP contribution in [0.4, 0.5) is 0 Å². The maximum Gasteiger partial charge on any atom is 0.162 e. The van der Waals surface area contributed by atoms with E-state index < -0.39 is 17.3 Å². The quantitative estimate of drug-likeness (QED) is 0.621. The van der Waals surface area contributed by atoms with Crippen LogP contribution in [-0.4, -0.2) is 34.6 Å². The number of aliphatic hydroxyl groups excluding tert-OH is 1. The Labute approximate surface area is 128 Å². The molecule has 0 spiro atoms. The van der Waals surface area contributed by atoms with Gasteiger partial charge in [0.2, 0.25) is 0 Å². The summed E-state index contributed by atoms with van der Waals surface area (Å²) in [5.74, 6) is 5.85. The van der Waals surface area contributed by atoms with Crippen molar-refractivity contribution in [1.82, 2.24) is 0 Å². The predicted molar refractivity (Wildman–Crippen MR) is 85.7 cm³/mol. The van der Waals surface area contributed by atoms with Crippen molar-refractivity contribution in [3.8, 4) is 11.8 Å². The monoisotopic (exact) mass is 292 g/mol. The fourth-order valence-electron chi connectivity index (χ4n) is 2.88. The molecule has 0 unspecified atom stereocenters. The highest BCUT2D eigenvalue weighted by atomic mass is 16.5. The molecule has 3 heteroatoms. The summed E-state index contributed by atoms with van der Waals surface area (Å²) < 4.78 is 5.63. The van der Waals surface area contributed by atoms with E-state index in [9.17, 15) is 10.2 Å². The van der Waals surface area contributed by atoms with E-state index in [0.29, 0.717) is 18.4 Å². The lowest BCUT2D eigenvalue weighted by molar-refractivity contribution is -0.166. The standard InChI is InChI=1S/C18H28O3/c1-8-9-17(20)12-13(2)15(19)18(21-7,14(17)3)11-10-16(4,5)6/h8,14-15,19-20H,1-2,9,12H2,3-7H3/t14-,15+,17-,18-/m1/s1. The molecule has 118 valence electrons. The van der Waals surface area contributed by atoms with Gasteiger partial charge in [0.1, 0.15) is 6.10 Å². The van der Waals surface area contributed by atoms with Gasteiger partial charge in [0, 0.05) is 24.9 Å². The molecule has 1 saturated carbocycles. The van der Waals surface area contributed by atoms with Crippen molar-refractivity contribution in [2.75, 3.05) is 7.11 Å². The van der Waals surface area contributed by atoms with Crippen LogP contribution in [0.2, 0.25) is 0 Å². The molecule has 0 heterocycles. The summed E-state index contributed by atoms with van der Waals surface area (Å²) in [7, 11) is 1.52. The van der Waals surface area contributed by atoms with E-state index in [-0.39, 0.29) is 11.3 Å². The molecule has 21 heavy (non-hydrogen) atoms. The molecule has 0 aliphatic heterocycles. The van der Waals surface area contributed by atoms with Gasteiger partial charge in [-0.25, -0.2) is 0 Å². The van der Waals surface area contributed by atoms with Crippen molar-refractivity contribution in [1.29, 1.82) is 0 Å². The van der Waals surface area contributed by atoms with Crippen LogP contribution >= 0.6 is 0 Å². The van der Waals surface area contributed by atoms with Crippen molar-refractivity contribution >= 4 is 0 Å². The minimum atomic E-state index is -1.15. The van der Waals surface area contributed by atoms with Gasteiger partial charge >= 0.3 is 0 Å². The van der Waals surface area contributed by atoms with Gasteiger partial charge in [0.25, 0.3) is 0 Å². The molecule has 0 aromatic carbocycles. The summed E-state index contributed by atoms with van der Waals surface area (Å²) in [6, 6.07) is 0. The Morgan fingerprint density at radius 2 is 2.05 bits per heavy atom. The lowest BCUT2D eigenvalue weighted by Gasteiger charge is -2.51. The molecule has 0 aromatic rings. The van der Waals surface area contributed by atoms with Gasteiger partial charge in [-0.3, -0.25) is 0 Å². The summed E-state index contributed by atoms with van der Waals surface area (Å²) in [6.07, 6.45) is 1.49. The highest BCUT2D eigenvalue weighted by Crippen LogP contribution is 2.46. The first-order chi connectivity index (χ1) is 9.52. The molecule has 3 nitrogen and oxygen atoms in total. The van der Waals surface area contributed by atoms with E-state index in [1.165, 1.54) is 7.11 Å². The first kappa shape index (κ1) is 18.0. The zero-order valence-corrected chi connectivity index (χ0v) is 13.9. The van der Waals surface area contributed by atoms with E-state index in [0.717, 1.165) is 0 Å². The van der Waals surface area contributed by atoms with Crippen LogP contribution in [0.1, 0.15) is 40.5 Å². The van der Waals surface area contributed by atoms with Crippen molar-refractivity contribution in [3.63, 3.8) is 0 Å². The molecule has 0 amide bonds. The van der Waals surface area contributed by atoms with Gasteiger partial charge in [-0.1, -0.05) is 31.4 Å². The molecular formula is C18H28O3. The van der Waals surface area contributed by atoms with Gasteiger partial charge in [0.15, 0.2) is 5.60 Å². The van der Waals surface area contributed by atoms with E-state index in [4.69, 9.17) is 4.74 Å². The molecule has 1 fully saturated rings. The zero-order valence-electron chi connectivity index (χ0n) is 13.9. The van der Waals surface area contributed by atoms with Gasteiger partial charge in [-0.05, 0) is 32.8 Å². The molecular weight excluding hydrogens is 264 g/mol. The Hall–Kier alpha value is -1.08. The molecule has 2 N–H and O–H groups in total. The van der Waals surface area contributed by atoms with Crippen LogP contribution in [0.15, 0.2) is 24.8 Å². The third-order valence-electron chi connectivity index (χ3n) is 4.24. The number of rotatable bonds is 3. The normalized spacial score (nSPS) is 36.8. The largest absolute Gasteiger partial charge is 0.389 e. The number of methoxy groups -OCH3 is 1. The predicted octanol–water partition coefficient (Wildman–Crippen LogP) is 2.69. The first-order valence-electron chi connectivity index (χ1n) is 7.31. The molecule has 0 saturated heterocycles. The highest BCUT2D eigenvalue weighted by Gasteiger charge is 2.56. The van der Waals surface area contributed by atoms with Crippen molar-refractivity contribution in [3.05, 3.63) is 24.8 Å². The molecule has 0 aromatic heterocycles. The zero-order chi connectivity index (χ0) is 16.5. The van der Waals surface area contributed by atoms with Crippen LogP contribution in [0.3, 0.4) is 0 Å². The van der Waals surface area contributed by atoms with Gasteiger partial charge in [0.05, 0.1) is 5.60 Å². The van der Waals surface area contributed by atoms with E-state index in [2.05, 4.69) is 25.0 Å². The smallest absolute Gasteiger partial charge is 0.162 e. The lowest BCUT2D eigenvalue weighted by Crippen LogP contribution is -2.62. The van der Waals surface area contributed by atoms with Crippen LogP contribution in [0.5, 0.6) is 0 Å². The van der Waals surface area contributed by atoms with Gasteiger partial charge in [-0.15, -0.1) is 6.58 Å². The first-order valence-corrected chi connectivity index (χ1v) is 7.31. The maximum absolute atomic E-state index is 10.9. The molecule has 1 aliphatic carbocycles. The van der Waals surface area contributed by atoms with Crippen LogP contribution in [0.25, 0.3) is 0 Å². The molecule has 0 radical (unpaired) electrons. The Kier molecular flexibility index (Phi) is 5.10. The average molecular weight is 292 g/mol. The van der Waals surface area contributed by atoms with E-state index >= 15 is 0 Å². The van der Waals surface area contributed by atoms with Gasteiger partial charge < -0.3 is 14.9 Å². The second-order valence-corrected chi connectivity index (χ2v) is 7.05. The van der Waals surface area contributed by atoms with Crippen LogP contribution in [0, 0.1) is 23.2 Å². The summed E-state index contributed by atoms with van der Waals surface area (Å²) in [5.41, 5.74) is -1.89.